The summed E-state index contributed by atoms with van der Waals surface area (Å²) >= 11 is 0. The van der Waals surface area contributed by atoms with Crippen molar-refractivity contribution in [1.29, 1.82) is 0 Å². The van der Waals surface area contributed by atoms with Gasteiger partial charge in [-0.25, -0.2) is 0 Å². The highest BCUT2D eigenvalue weighted by atomic mass is 16.8. The molecule has 7 heteroatoms. The Morgan fingerprint density at radius 3 is 0.911 bits per heavy atom. The second-order valence-corrected chi connectivity index (χ2v) is 12.6. The molecule has 0 saturated heterocycles. The zero-order chi connectivity index (χ0) is 33.5. The summed E-state index contributed by atoms with van der Waals surface area (Å²) in [5.74, 6) is -2.08. The van der Waals surface area contributed by atoms with E-state index in [0.717, 1.165) is 89.9 Å². The first-order valence-corrected chi connectivity index (χ1v) is 19.4. The van der Waals surface area contributed by atoms with Gasteiger partial charge in [0.25, 0.3) is 0 Å². The van der Waals surface area contributed by atoms with Crippen LogP contribution in [0.5, 0.6) is 0 Å². The van der Waals surface area contributed by atoms with E-state index in [4.69, 9.17) is 33.2 Å². The molecule has 7 nitrogen and oxygen atoms in total. The summed E-state index contributed by atoms with van der Waals surface area (Å²) in [6.45, 7) is 20.9. The van der Waals surface area contributed by atoms with Crippen LogP contribution in [0.3, 0.4) is 0 Å². The molecule has 0 aliphatic carbocycles. The Bertz CT molecular complexity index is 533. The van der Waals surface area contributed by atoms with Crippen molar-refractivity contribution >= 4 is 0 Å². The van der Waals surface area contributed by atoms with Gasteiger partial charge in [-0.1, -0.05) is 120 Å². The first-order chi connectivity index (χ1) is 22.0. The van der Waals surface area contributed by atoms with Crippen LogP contribution in [0.25, 0.3) is 0 Å². The lowest BCUT2D eigenvalue weighted by molar-refractivity contribution is -0.426. The van der Waals surface area contributed by atoms with Crippen molar-refractivity contribution in [3.05, 3.63) is 0 Å². The smallest absolute Gasteiger partial charge is 0.220 e. The van der Waals surface area contributed by atoms with Gasteiger partial charge in [0.2, 0.25) is 24.2 Å². The average molecular weight is 647 g/mol. The van der Waals surface area contributed by atoms with E-state index in [0.29, 0.717) is 52.5 Å². The quantitative estimate of drug-likeness (QED) is 0.0495. The molecule has 0 aromatic rings. The molecular formula is C38H78O7. The van der Waals surface area contributed by atoms with E-state index in [1.807, 2.05) is 0 Å². The van der Waals surface area contributed by atoms with Gasteiger partial charge in [0.05, 0.1) is 26.4 Å². The van der Waals surface area contributed by atoms with E-state index in [9.17, 15) is 0 Å². The van der Waals surface area contributed by atoms with Crippen LogP contribution in [0.2, 0.25) is 0 Å². The van der Waals surface area contributed by atoms with Gasteiger partial charge < -0.3 is 33.2 Å². The van der Waals surface area contributed by atoms with Crippen LogP contribution in [-0.4, -0.2) is 63.8 Å². The van der Waals surface area contributed by atoms with E-state index >= 15 is 0 Å². The van der Waals surface area contributed by atoms with Crippen molar-refractivity contribution in [2.45, 2.75) is 208 Å². The van der Waals surface area contributed by atoms with E-state index < -0.39 is 24.2 Å². The number of rotatable bonds is 36. The van der Waals surface area contributed by atoms with Gasteiger partial charge >= 0.3 is 0 Å². The molecule has 0 aromatic carbocycles. The molecule has 0 rings (SSSR count). The summed E-state index contributed by atoms with van der Waals surface area (Å²) in [4.78, 5) is 0. The zero-order valence-electron chi connectivity index (χ0n) is 31.4. The van der Waals surface area contributed by atoms with Gasteiger partial charge in [0.1, 0.15) is 0 Å². The van der Waals surface area contributed by atoms with E-state index in [-0.39, 0.29) is 0 Å². The van der Waals surface area contributed by atoms with E-state index in [2.05, 4.69) is 55.4 Å². The summed E-state index contributed by atoms with van der Waals surface area (Å²) in [6, 6.07) is 0. The lowest BCUT2D eigenvalue weighted by Gasteiger charge is -2.45. The van der Waals surface area contributed by atoms with Crippen LogP contribution >= 0.6 is 0 Å². The summed E-state index contributed by atoms with van der Waals surface area (Å²) in [6.07, 6.45) is 18.4. The molecule has 0 fully saturated rings. The zero-order valence-corrected chi connectivity index (χ0v) is 31.4. The summed E-state index contributed by atoms with van der Waals surface area (Å²) in [5, 5.41) is 0. The number of hydrogen-bond acceptors (Lipinski definition) is 7. The van der Waals surface area contributed by atoms with Crippen molar-refractivity contribution in [2.75, 3.05) is 39.6 Å². The Morgan fingerprint density at radius 1 is 0.333 bits per heavy atom. The number of ether oxygens (including phenoxy) is 7. The lowest BCUT2D eigenvalue weighted by Crippen LogP contribution is -2.58. The van der Waals surface area contributed by atoms with Crippen molar-refractivity contribution in [3.8, 4) is 0 Å². The van der Waals surface area contributed by atoms with Crippen molar-refractivity contribution in [3.63, 3.8) is 0 Å². The molecule has 0 heterocycles. The van der Waals surface area contributed by atoms with Crippen LogP contribution in [0.4, 0.5) is 0 Å². The molecule has 0 bridgehead atoms. The third-order valence-corrected chi connectivity index (χ3v) is 8.05. The molecule has 0 aromatic heterocycles. The molecule has 0 aliphatic rings. The molecule has 0 aliphatic heterocycles. The van der Waals surface area contributed by atoms with Gasteiger partial charge in [0, 0.05) is 26.1 Å². The fourth-order valence-corrected chi connectivity index (χ4v) is 5.14. The second kappa shape index (κ2) is 31.0. The van der Waals surface area contributed by atoms with Gasteiger partial charge in [-0.2, -0.15) is 0 Å². The van der Waals surface area contributed by atoms with Crippen LogP contribution in [0.15, 0.2) is 0 Å². The molecule has 2 atom stereocenters. The minimum absolute atomic E-state index is 0.535. The Balaban J connectivity index is 6.88. The first-order valence-electron chi connectivity index (χ1n) is 19.4. The summed E-state index contributed by atoms with van der Waals surface area (Å²) in [5.41, 5.74) is 0. The lowest BCUT2D eigenvalue weighted by atomic mass is 10.0. The fourth-order valence-electron chi connectivity index (χ4n) is 5.14. The monoisotopic (exact) mass is 647 g/mol. The van der Waals surface area contributed by atoms with E-state index in [1.165, 1.54) is 25.7 Å². The minimum Gasteiger partial charge on any atom is -0.348 e. The van der Waals surface area contributed by atoms with Gasteiger partial charge in [0.15, 0.2) is 0 Å². The van der Waals surface area contributed by atoms with Gasteiger partial charge in [-0.05, 0) is 51.4 Å². The molecule has 0 amide bonds. The Labute approximate surface area is 280 Å². The maximum atomic E-state index is 7.08. The summed E-state index contributed by atoms with van der Waals surface area (Å²) in [7, 11) is 0. The van der Waals surface area contributed by atoms with Crippen LogP contribution < -0.4 is 0 Å². The fraction of sp³-hybridized carbons (Fsp3) is 1.00. The Kier molecular flexibility index (Phi) is 30.8. The third kappa shape index (κ3) is 20.0. The molecule has 272 valence electrons. The topological polar surface area (TPSA) is 64.6 Å². The molecule has 0 N–H and O–H groups in total. The highest BCUT2D eigenvalue weighted by molar-refractivity contribution is 4.82. The summed E-state index contributed by atoms with van der Waals surface area (Å²) < 4.78 is 47.4. The first kappa shape index (κ1) is 44.7. The van der Waals surface area contributed by atoms with Crippen LogP contribution in [0, 0.1) is 0 Å². The maximum Gasteiger partial charge on any atom is 0.220 e. The van der Waals surface area contributed by atoms with Gasteiger partial charge in [-0.3, -0.25) is 0 Å². The molecule has 45 heavy (non-hydrogen) atoms. The standard InChI is InChI=1S/C38H78O7/c1-9-17-23-25-27-37(41-31-19-11-3,42-32-20-12-4)35(39-29-15-7)45-36(40-30-16-8)38(43-33-21-13-5,44-34-22-14-6)28-26-24-18-10-2/h35-36H,9-34H2,1-8H3. The van der Waals surface area contributed by atoms with Crippen molar-refractivity contribution in [1.82, 2.24) is 0 Å². The van der Waals surface area contributed by atoms with Crippen molar-refractivity contribution < 1.29 is 33.2 Å². The molecule has 0 saturated carbocycles. The predicted molar refractivity (Wildman–Crippen MR) is 188 cm³/mol. The third-order valence-electron chi connectivity index (χ3n) is 8.05. The molecular weight excluding hydrogens is 568 g/mol. The minimum atomic E-state index is -1.04. The van der Waals surface area contributed by atoms with Gasteiger partial charge in [-0.15, -0.1) is 0 Å². The van der Waals surface area contributed by atoms with Crippen LogP contribution in [-0.2, 0) is 33.2 Å². The second-order valence-electron chi connectivity index (χ2n) is 12.6. The largest absolute Gasteiger partial charge is 0.348 e. The molecule has 2 unspecified atom stereocenters. The van der Waals surface area contributed by atoms with Crippen LogP contribution in [0.1, 0.15) is 184 Å². The number of hydrogen-bond donors (Lipinski definition) is 0. The normalized spacial score (nSPS) is 13.9. The Morgan fingerprint density at radius 2 is 0.644 bits per heavy atom. The predicted octanol–water partition coefficient (Wildman–Crippen LogP) is 11.1. The molecule has 0 spiro atoms. The Hall–Kier alpha value is -0.280. The molecule has 0 radical (unpaired) electrons. The van der Waals surface area contributed by atoms with Crippen molar-refractivity contribution in [2.24, 2.45) is 0 Å². The maximum absolute atomic E-state index is 7.08. The van der Waals surface area contributed by atoms with E-state index in [1.54, 1.807) is 0 Å². The highest BCUT2D eigenvalue weighted by Crippen LogP contribution is 2.36. The highest BCUT2D eigenvalue weighted by Gasteiger charge is 2.50. The number of unbranched alkanes of at least 4 members (excludes halogenated alkanes) is 10. The SMILES string of the molecule is CCCCCCC(OCCCC)(OCCCC)C(OCCC)OC(OCCC)C(CCCCCC)(OCCCC)OCCCC. The average Bonchev–Trinajstić information content (AvgIpc) is 3.04.